The topological polar surface area (TPSA) is 64.7 Å². The Balaban J connectivity index is 1.34. The van der Waals surface area contributed by atoms with Crippen LogP contribution in [0, 0.1) is 10.5 Å². The molecule has 1 heterocycles. The number of rotatable bonds is 4. The number of carbonyl (C=O) groups is 2. The number of anilines is 2. The molecule has 1 saturated heterocycles. The van der Waals surface area contributed by atoms with E-state index in [1.807, 2.05) is 66.4 Å². The maximum Gasteiger partial charge on any atom is 0.258 e. The van der Waals surface area contributed by atoms with Crippen molar-refractivity contribution in [3.8, 4) is 0 Å². The van der Waals surface area contributed by atoms with E-state index in [2.05, 4.69) is 38.1 Å². The highest BCUT2D eigenvalue weighted by Crippen LogP contribution is 2.30. The minimum Gasteiger partial charge on any atom is -0.367 e. The molecule has 0 atom stereocenters. The number of amides is 2. The second kappa shape index (κ2) is 11.4. The summed E-state index contributed by atoms with van der Waals surface area (Å²) in [5.74, 6) is -0.206. The van der Waals surface area contributed by atoms with Crippen LogP contribution in [0.4, 0.5) is 11.4 Å². The van der Waals surface area contributed by atoms with Crippen LogP contribution < -0.4 is 15.5 Å². The van der Waals surface area contributed by atoms with Crippen molar-refractivity contribution >= 4 is 74.7 Å². The van der Waals surface area contributed by atoms with Crippen molar-refractivity contribution in [1.29, 1.82) is 0 Å². The van der Waals surface area contributed by atoms with Gasteiger partial charge in [-0.1, -0.05) is 41.9 Å². The molecule has 180 valence electrons. The van der Waals surface area contributed by atoms with Crippen LogP contribution in [0.25, 0.3) is 0 Å². The van der Waals surface area contributed by atoms with Gasteiger partial charge in [-0.15, -0.1) is 0 Å². The lowest BCUT2D eigenvalue weighted by atomic mass is 10.1. The average molecular weight is 619 g/mol. The van der Waals surface area contributed by atoms with Gasteiger partial charge in [-0.25, -0.2) is 0 Å². The molecule has 1 aliphatic rings. The van der Waals surface area contributed by atoms with Crippen molar-refractivity contribution in [3.05, 3.63) is 92.0 Å². The number of piperazine rings is 1. The SMILES string of the molecule is Cc1ccccc1C(=O)N1CCN(c2ccc(NC(=S)NC(=O)c3ccccc3I)cc2Cl)CC1. The lowest BCUT2D eigenvalue weighted by Crippen LogP contribution is -2.49. The molecule has 0 unspecified atom stereocenters. The molecule has 1 fully saturated rings. The number of thiocarbonyl (C=S) groups is 1. The molecule has 0 radical (unpaired) electrons. The minimum absolute atomic E-state index is 0.0640. The molecule has 3 aromatic rings. The third-order valence-corrected chi connectivity index (χ3v) is 7.28. The molecule has 3 aromatic carbocycles. The summed E-state index contributed by atoms with van der Waals surface area (Å²) in [6.45, 7) is 4.58. The van der Waals surface area contributed by atoms with E-state index in [1.54, 1.807) is 12.1 Å². The van der Waals surface area contributed by atoms with Crippen molar-refractivity contribution in [3.63, 3.8) is 0 Å². The third kappa shape index (κ3) is 6.12. The molecule has 0 bridgehead atoms. The summed E-state index contributed by atoms with van der Waals surface area (Å²) in [6, 6.07) is 20.5. The van der Waals surface area contributed by atoms with E-state index < -0.39 is 0 Å². The largest absolute Gasteiger partial charge is 0.367 e. The van der Waals surface area contributed by atoms with E-state index in [9.17, 15) is 9.59 Å². The van der Waals surface area contributed by atoms with Crippen molar-refractivity contribution in [2.75, 3.05) is 36.4 Å². The molecule has 6 nitrogen and oxygen atoms in total. The molecule has 1 aliphatic heterocycles. The number of hydrogen-bond acceptors (Lipinski definition) is 4. The zero-order valence-corrected chi connectivity index (χ0v) is 22.8. The van der Waals surface area contributed by atoms with Crippen LogP contribution in [0.15, 0.2) is 66.7 Å². The van der Waals surface area contributed by atoms with Gasteiger partial charge in [0, 0.05) is 41.0 Å². The maximum atomic E-state index is 12.9. The molecule has 9 heteroatoms. The first-order valence-corrected chi connectivity index (χ1v) is 13.0. The summed E-state index contributed by atoms with van der Waals surface area (Å²) in [4.78, 5) is 29.4. The van der Waals surface area contributed by atoms with Crippen LogP contribution in [0.1, 0.15) is 26.3 Å². The summed E-state index contributed by atoms with van der Waals surface area (Å²) < 4.78 is 0.846. The minimum atomic E-state index is -0.270. The van der Waals surface area contributed by atoms with Crippen LogP contribution in [0.2, 0.25) is 5.02 Å². The number of nitrogens with one attached hydrogen (secondary N) is 2. The van der Waals surface area contributed by atoms with Crippen LogP contribution in [-0.2, 0) is 0 Å². The average Bonchev–Trinajstić information content (AvgIpc) is 2.84. The fourth-order valence-corrected chi connectivity index (χ4v) is 5.10. The normalized spacial score (nSPS) is 13.3. The van der Waals surface area contributed by atoms with Crippen LogP contribution in [0.3, 0.4) is 0 Å². The summed E-state index contributed by atoms with van der Waals surface area (Å²) in [5.41, 5.74) is 3.87. The first kappa shape index (κ1) is 25.4. The van der Waals surface area contributed by atoms with Crippen molar-refractivity contribution < 1.29 is 9.59 Å². The summed E-state index contributed by atoms with van der Waals surface area (Å²) in [5, 5.41) is 6.49. The van der Waals surface area contributed by atoms with E-state index >= 15 is 0 Å². The predicted molar refractivity (Wildman–Crippen MR) is 154 cm³/mol. The van der Waals surface area contributed by atoms with Crippen LogP contribution in [-0.4, -0.2) is 48.0 Å². The monoisotopic (exact) mass is 618 g/mol. The molecular weight excluding hydrogens is 595 g/mol. The van der Waals surface area contributed by atoms with E-state index in [-0.39, 0.29) is 16.9 Å². The lowest BCUT2D eigenvalue weighted by molar-refractivity contribution is 0.0746. The van der Waals surface area contributed by atoms with E-state index in [0.29, 0.717) is 42.5 Å². The van der Waals surface area contributed by atoms with Gasteiger partial charge < -0.3 is 15.1 Å². The highest BCUT2D eigenvalue weighted by atomic mass is 127. The van der Waals surface area contributed by atoms with Gasteiger partial charge in [0.25, 0.3) is 11.8 Å². The highest BCUT2D eigenvalue weighted by molar-refractivity contribution is 14.1. The van der Waals surface area contributed by atoms with Gasteiger partial charge in [0.05, 0.1) is 16.3 Å². The molecule has 0 saturated carbocycles. The van der Waals surface area contributed by atoms with Gasteiger partial charge in [0.2, 0.25) is 0 Å². The number of nitrogens with zero attached hydrogens (tertiary/aromatic N) is 2. The van der Waals surface area contributed by atoms with Crippen molar-refractivity contribution in [1.82, 2.24) is 10.2 Å². The van der Waals surface area contributed by atoms with Crippen LogP contribution >= 0.6 is 46.4 Å². The maximum absolute atomic E-state index is 12.9. The molecule has 0 aliphatic carbocycles. The smallest absolute Gasteiger partial charge is 0.258 e. The Bertz CT molecular complexity index is 1280. The van der Waals surface area contributed by atoms with E-state index in [1.165, 1.54) is 0 Å². The third-order valence-electron chi connectivity index (χ3n) is 5.83. The number of benzene rings is 3. The van der Waals surface area contributed by atoms with Gasteiger partial charge in [-0.3, -0.25) is 14.9 Å². The van der Waals surface area contributed by atoms with Gasteiger partial charge in [0.15, 0.2) is 5.11 Å². The summed E-state index contributed by atoms with van der Waals surface area (Å²) in [7, 11) is 0. The number of carbonyl (C=O) groups excluding carboxylic acids is 2. The number of aryl methyl sites for hydroxylation is 1. The Morgan fingerprint density at radius 1 is 0.943 bits per heavy atom. The predicted octanol–water partition coefficient (Wildman–Crippen LogP) is 5.34. The first-order chi connectivity index (χ1) is 16.8. The Morgan fingerprint density at radius 2 is 1.60 bits per heavy atom. The second-order valence-corrected chi connectivity index (χ2v) is 10.1. The second-order valence-electron chi connectivity index (χ2n) is 8.15. The fraction of sp³-hybridized carbons (Fsp3) is 0.192. The van der Waals surface area contributed by atoms with Crippen molar-refractivity contribution in [2.45, 2.75) is 6.92 Å². The van der Waals surface area contributed by atoms with E-state index in [0.717, 1.165) is 20.4 Å². The summed E-state index contributed by atoms with van der Waals surface area (Å²) >= 11 is 14.0. The Hall–Kier alpha value is -2.69. The highest BCUT2D eigenvalue weighted by Gasteiger charge is 2.24. The number of halogens is 2. The fourth-order valence-electron chi connectivity index (χ4n) is 3.95. The van der Waals surface area contributed by atoms with Gasteiger partial charge in [0.1, 0.15) is 0 Å². The molecule has 2 N–H and O–H groups in total. The standard InChI is InChI=1S/C26H24ClIN4O2S/c1-17-6-2-3-7-19(17)25(34)32-14-12-31(13-15-32)23-11-10-18(16-21(23)27)29-26(35)30-24(33)20-8-4-5-9-22(20)28/h2-11,16H,12-15H2,1H3,(H2,29,30,33,35). The summed E-state index contributed by atoms with van der Waals surface area (Å²) in [6.07, 6.45) is 0. The van der Waals surface area contributed by atoms with E-state index in [4.69, 9.17) is 23.8 Å². The van der Waals surface area contributed by atoms with Gasteiger partial charge in [-0.2, -0.15) is 0 Å². The first-order valence-electron chi connectivity index (χ1n) is 11.1. The van der Waals surface area contributed by atoms with Gasteiger partial charge >= 0.3 is 0 Å². The molecular formula is C26H24ClIN4O2S. The lowest BCUT2D eigenvalue weighted by Gasteiger charge is -2.36. The Labute approximate surface area is 228 Å². The molecule has 0 aromatic heterocycles. The zero-order chi connectivity index (χ0) is 24.9. The van der Waals surface area contributed by atoms with Crippen molar-refractivity contribution in [2.24, 2.45) is 0 Å². The number of hydrogen-bond donors (Lipinski definition) is 2. The molecule has 35 heavy (non-hydrogen) atoms. The molecule has 4 rings (SSSR count). The zero-order valence-electron chi connectivity index (χ0n) is 19.1. The Morgan fingerprint density at radius 3 is 2.26 bits per heavy atom. The quantitative estimate of drug-likeness (QED) is 0.305. The van der Waals surface area contributed by atoms with Gasteiger partial charge in [-0.05, 0) is 83.7 Å². The molecule has 2 amide bonds. The van der Waals surface area contributed by atoms with Crippen LogP contribution in [0.5, 0.6) is 0 Å². The molecule has 0 spiro atoms. The Kier molecular flexibility index (Phi) is 8.25.